The molecule has 0 bridgehead atoms. The van der Waals surface area contributed by atoms with Gasteiger partial charge in [0, 0.05) is 25.5 Å². The van der Waals surface area contributed by atoms with Crippen molar-refractivity contribution < 1.29 is 4.79 Å². The summed E-state index contributed by atoms with van der Waals surface area (Å²) in [5.41, 5.74) is 5.54. The van der Waals surface area contributed by atoms with Crippen LogP contribution in [0.5, 0.6) is 0 Å². The zero-order valence-corrected chi connectivity index (χ0v) is 16.0. The third kappa shape index (κ3) is 3.10. The molecule has 0 radical (unpaired) electrons. The molecule has 0 aromatic heterocycles. The molecule has 3 aromatic carbocycles. The van der Waals surface area contributed by atoms with E-state index in [9.17, 15) is 4.79 Å². The first-order chi connectivity index (χ1) is 13.1. The van der Waals surface area contributed by atoms with E-state index in [1.54, 1.807) is 0 Å². The summed E-state index contributed by atoms with van der Waals surface area (Å²) in [6.07, 6.45) is 0. The number of rotatable bonds is 4. The van der Waals surface area contributed by atoms with Gasteiger partial charge in [0.2, 0.25) is 5.91 Å². The highest BCUT2D eigenvalue weighted by atomic mass is 16.2. The van der Waals surface area contributed by atoms with Gasteiger partial charge in [0.05, 0.1) is 12.0 Å². The van der Waals surface area contributed by atoms with Crippen molar-refractivity contribution in [2.75, 3.05) is 23.9 Å². The minimum atomic E-state index is -0.141. The highest BCUT2D eigenvalue weighted by Gasteiger charge is 2.49. The second kappa shape index (κ2) is 6.92. The Morgan fingerprint density at radius 1 is 0.778 bits per heavy atom. The number of anilines is 2. The minimum absolute atomic E-state index is 0.0128. The fourth-order valence-corrected chi connectivity index (χ4v) is 3.78. The van der Waals surface area contributed by atoms with Crippen LogP contribution in [0.2, 0.25) is 0 Å². The average Bonchev–Trinajstić information content (AvgIpc) is 2.68. The van der Waals surface area contributed by atoms with Gasteiger partial charge >= 0.3 is 0 Å². The summed E-state index contributed by atoms with van der Waals surface area (Å²) in [7, 11) is 4.07. The number of carbonyl (C=O) groups excluding carboxylic acids is 1. The van der Waals surface area contributed by atoms with Crippen molar-refractivity contribution in [2.45, 2.75) is 18.9 Å². The van der Waals surface area contributed by atoms with Gasteiger partial charge in [-0.3, -0.25) is 4.79 Å². The van der Waals surface area contributed by atoms with Crippen LogP contribution in [0.15, 0.2) is 78.9 Å². The number of aryl methyl sites for hydroxylation is 1. The highest BCUT2D eigenvalue weighted by Crippen LogP contribution is 2.49. The Bertz CT molecular complexity index is 930. The van der Waals surface area contributed by atoms with Crippen molar-refractivity contribution in [1.29, 1.82) is 0 Å². The summed E-state index contributed by atoms with van der Waals surface area (Å²) in [5, 5.41) is 0. The van der Waals surface area contributed by atoms with Crippen LogP contribution < -0.4 is 9.80 Å². The molecule has 1 fully saturated rings. The second-order valence-electron chi connectivity index (χ2n) is 7.36. The van der Waals surface area contributed by atoms with Gasteiger partial charge in [-0.15, -0.1) is 0 Å². The van der Waals surface area contributed by atoms with E-state index in [4.69, 9.17) is 0 Å². The number of carbonyl (C=O) groups is 1. The van der Waals surface area contributed by atoms with Gasteiger partial charge in [0.1, 0.15) is 0 Å². The van der Waals surface area contributed by atoms with E-state index in [2.05, 4.69) is 60.4 Å². The molecule has 0 saturated carbocycles. The number of nitrogens with zero attached hydrogens (tertiary/aromatic N) is 2. The molecule has 1 saturated heterocycles. The lowest BCUT2D eigenvalue weighted by molar-refractivity contribution is -0.126. The van der Waals surface area contributed by atoms with Crippen LogP contribution in [0.3, 0.4) is 0 Å². The van der Waals surface area contributed by atoms with Gasteiger partial charge in [-0.1, -0.05) is 60.2 Å². The molecule has 2 atom stereocenters. The number of β-lactam (4-membered cyclic amide) rings is 1. The predicted molar refractivity (Wildman–Crippen MR) is 111 cm³/mol. The van der Waals surface area contributed by atoms with Gasteiger partial charge in [-0.25, -0.2) is 0 Å². The van der Waals surface area contributed by atoms with Crippen molar-refractivity contribution in [3.05, 3.63) is 95.6 Å². The van der Waals surface area contributed by atoms with E-state index < -0.39 is 0 Å². The Hall–Kier alpha value is -3.07. The van der Waals surface area contributed by atoms with E-state index in [0.29, 0.717) is 0 Å². The monoisotopic (exact) mass is 356 g/mol. The largest absolute Gasteiger partial charge is 0.378 e. The van der Waals surface area contributed by atoms with Crippen LogP contribution in [-0.4, -0.2) is 20.0 Å². The highest BCUT2D eigenvalue weighted by molar-refractivity contribution is 6.06. The van der Waals surface area contributed by atoms with Gasteiger partial charge in [0.25, 0.3) is 0 Å². The van der Waals surface area contributed by atoms with E-state index in [1.165, 1.54) is 5.56 Å². The quantitative estimate of drug-likeness (QED) is 0.619. The van der Waals surface area contributed by atoms with E-state index in [-0.39, 0.29) is 17.9 Å². The Morgan fingerprint density at radius 2 is 1.41 bits per heavy atom. The van der Waals surface area contributed by atoms with Gasteiger partial charge in [0.15, 0.2) is 0 Å². The van der Waals surface area contributed by atoms with Crippen LogP contribution in [0.4, 0.5) is 11.4 Å². The first kappa shape index (κ1) is 17.3. The van der Waals surface area contributed by atoms with Crippen molar-refractivity contribution in [2.24, 2.45) is 0 Å². The Kier molecular flexibility index (Phi) is 4.44. The maximum absolute atomic E-state index is 13.1. The van der Waals surface area contributed by atoms with Crippen LogP contribution in [0.25, 0.3) is 0 Å². The Labute approximate surface area is 160 Å². The molecule has 1 aliphatic heterocycles. The molecule has 0 unspecified atom stereocenters. The normalized spacial score (nSPS) is 18.9. The second-order valence-corrected chi connectivity index (χ2v) is 7.36. The maximum atomic E-state index is 13.1. The molecule has 3 nitrogen and oxygen atoms in total. The van der Waals surface area contributed by atoms with Gasteiger partial charge in [-0.05, 0) is 42.3 Å². The molecule has 0 spiro atoms. The van der Waals surface area contributed by atoms with Crippen LogP contribution >= 0.6 is 0 Å². The number of benzene rings is 3. The van der Waals surface area contributed by atoms with E-state index in [0.717, 1.165) is 22.5 Å². The lowest BCUT2D eigenvalue weighted by Gasteiger charge is -2.48. The smallest absolute Gasteiger partial charge is 0.237 e. The minimum Gasteiger partial charge on any atom is -0.378 e. The van der Waals surface area contributed by atoms with Gasteiger partial charge < -0.3 is 9.80 Å². The molecule has 3 aromatic rings. The molecule has 3 heteroatoms. The third-order valence-corrected chi connectivity index (χ3v) is 5.32. The molecule has 4 rings (SSSR count). The molecular formula is C24H24N2O. The third-order valence-electron chi connectivity index (χ3n) is 5.32. The molecule has 1 amide bonds. The fraction of sp³-hybridized carbons (Fsp3) is 0.208. The summed E-state index contributed by atoms with van der Waals surface area (Å²) in [6.45, 7) is 2.06. The van der Waals surface area contributed by atoms with Crippen molar-refractivity contribution in [1.82, 2.24) is 0 Å². The summed E-state index contributed by atoms with van der Waals surface area (Å²) >= 11 is 0. The predicted octanol–water partition coefficient (Wildman–Crippen LogP) is 4.93. The van der Waals surface area contributed by atoms with Crippen LogP contribution in [0, 0.1) is 6.92 Å². The Balaban J connectivity index is 1.75. The first-order valence-electron chi connectivity index (χ1n) is 9.28. The average molecular weight is 356 g/mol. The fourth-order valence-electron chi connectivity index (χ4n) is 3.78. The molecule has 136 valence electrons. The summed E-state index contributed by atoms with van der Waals surface area (Å²) in [6, 6.07) is 26.8. The summed E-state index contributed by atoms with van der Waals surface area (Å²) in [5.74, 6) is 0.0180. The maximum Gasteiger partial charge on any atom is 0.237 e. The van der Waals surface area contributed by atoms with Crippen molar-refractivity contribution in [3.63, 3.8) is 0 Å². The number of hydrogen-bond acceptors (Lipinski definition) is 2. The first-order valence-corrected chi connectivity index (χ1v) is 9.28. The zero-order chi connectivity index (χ0) is 19.0. The van der Waals surface area contributed by atoms with Crippen molar-refractivity contribution >= 4 is 17.3 Å². The molecule has 1 aliphatic rings. The molecule has 1 heterocycles. The van der Waals surface area contributed by atoms with Crippen molar-refractivity contribution in [3.8, 4) is 0 Å². The lowest BCUT2D eigenvalue weighted by Crippen LogP contribution is -2.53. The van der Waals surface area contributed by atoms with Gasteiger partial charge in [-0.2, -0.15) is 0 Å². The SMILES string of the molecule is Cc1ccc(N2C(=O)[C@H](c3ccccc3)[C@@H]2c2ccc(N(C)C)cc2)cc1. The Morgan fingerprint density at radius 3 is 2.00 bits per heavy atom. The van der Waals surface area contributed by atoms with E-state index in [1.807, 2.05) is 49.3 Å². The topological polar surface area (TPSA) is 23.6 Å². The zero-order valence-electron chi connectivity index (χ0n) is 16.0. The van der Waals surface area contributed by atoms with E-state index >= 15 is 0 Å². The molecular weight excluding hydrogens is 332 g/mol. The molecule has 0 aliphatic carbocycles. The molecule has 0 N–H and O–H groups in total. The molecule has 27 heavy (non-hydrogen) atoms. The summed E-state index contributed by atoms with van der Waals surface area (Å²) in [4.78, 5) is 17.1. The summed E-state index contributed by atoms with van der Waals surface area (Å²) < 4.78 is 0. The van der Waals surface area contributed by atoms with Crippen LogP contribution in [-0.2, 0) is 4.79 Å². The number of amides is 1. The number of hydrogen-bond donors (Lipinski definition) is 0. The lowest BCUT2D eigenvalue weighted by atomic mass is 9.77. The van der Waals surface area contributed by atoms with Crippen LogP contribution in [0.1, 0.15) is 28.7 Å². The standard InChI is InChI=1S/C24H24N2O/c1-17-9-13-21(14-10-17)26-23(19-11-15-20(16-12-19)25(2)3)22(24(26)27)18-7-5-4-6-8-18/h4-16,22-23H,1-3H3/t22-,23+/m1/s1.